The lowest BCUT2D eigenvalue weighted by Crippen LogP contribution is -2.43. The number of fused-ring (bicyclic) bond motifs is 1. The van der Waals surface area contributed by atoms with E-state index in [-0.39, 0.29) is 11.4 Å². The molecule has 7 nitrogen and oxygen atoms in total. The van der Waals surface area contributed by atoms with Crippen LogP contribution in [0.25, 0.3) is 33.7 Å². The molecule has 1 aliphatic heterocycles. The van der Waals surface area contributed by atoms with Gasteiger partial charge in [-0.1, -0.05) is 18.2 Å². The SMILES string of the molecule is COc1cccc(F)c1-c1ncc2[nH]nc(-c3cccc(N4CCNCC4)c3)c2n1. The first-order chi connectivity index (χ1) is 14.7. The Balaban J connectivity index is 1.60. The average Bonchev–Trinajstić information content (AvgIpc) is 3.23. The van der Waals surface area contributed by atoms with Crippen LogP contribution in [-0.4, -0.2) is 53.5 Å². The van der Waals surface area contributed by atoms with Gasteiger partial charge in [0.15, 0.2) is 5.82 Å². The van der Waals surface area contributed by atoms with Gasteiger partial charge in [-0.25, -0.2) is 14.4 Å². The predicted octanol–water partition coefficient (Wildman–Crippen LogP) is 3.24. The van der Waals surface area contributed by atoms with Gasteiger partial charge in [-0.2, -0.15) is 5.10 Å². The van der Waals surface area contributed by atoms with Crippen molar-refractivity contribution < 1.29 is 9.13 Å². The Morgan fingerprint density at radius 3 is 2.77 bits per heavy atom. The summed E-state index contributed by atoms with van der Waals surface area (Å²) in [5.74, 6) is 0.220. The summed E-state index contributed by atoms with van der Waals surface area (Å²) in [6.07, 6.45) is 1.63. The second kappa shape index (κ2) is 7.72. The zero-order valence-electron chi connectivity index (χ0n) is 16.5. The molecule has 0 bridgehead atoms. The number of halogens is 1. The van der Waals surface area contributed by atoms with Crippen LogP contribution in [0.15, 0.2) is 48.7 Å². The number of rotatable bonds is 4. The molecule has 0 spiro atoms. The number of hydrogen-bond acceptors (Lipinski definition) is 6. The normalized spacial score (nSPS) is 14.3. The second-order valence-electron chi connectivity index (χ2n) is 7.13. The molecule has 2 N–H and O–H groups in total. The molecule has 2 aromatic heterocycles. The first kappa shape index (κ1) is 18.5. The van der Waals surface area contributed by atoms with Crippen LogP contribution in [0.3, 0.4) is 0 Å². The van der Waals surface area contributed by atoms with Gasteiger partial charge in [-0.05, 0) is 24.3 Å². The number of ether oxygens (including phenoxy) is 1. The Labute approximate surface area is 172 Å². The standard InChI is InChI=1S/C22H21FN6O/c1-30-18-7-3-6-16(23)19(18)22-25-13-17-21(26-22)20(28-27-17)14-4-2-5-15(12-14)29-10-8-24-9-11-29/h2-7,12-13,24H,8-11H2,1H3,(H,27,28). The van der Waals surface area contributed by atoms with Gasteiger partial charge in [0.1, 0.15) is 28.3 Å². The summed E-state index contributed by atoms with van der Waals surface area (Å²) in [7, 11) is 1.50. The molecule has 5 rings (SSSR count). The Morgan fingerprint density at radius 2 is 1.93 bits per heavy atom. The molecule has 8 heteroatoms. The molecule has 4 aromatic rings. The van der Waals surface area contributed by atoms with Crippen molar-refractivity contribution in [2.24, 2.45) is 0 Å². The minimum Gasteiger partial charge on any atom is -0.496 e. The molecular formula is C22H21FN6O. The van der Waals surface area contributed by atoms with Crippen molar-refractivity contribution in [3.8, 4) is 28.4 Å². The molecule has 152 valence electrons. The number of methoxy groups -OCH3 is 1. The number of aromatic nitrogens is 4. The molecule has 0 unspecified atom stereocenters. The number of aromatic amines is 1. The summed E-state index contributed by atoms with van der Waals surface area (Å²) in [6.45, 7) is 3.86. The molecule has 0 amide bonds. The summed E-state index contributed by atoms with van der Waals surface area (Å²) in [5.41, 5.74) is 4.38. The molecule has 3 heterocycles. The summed E-state index contributed by atoms with van der Waals surface area (Å²) in [5, 5.41) is 10.8. The number of nitrogens with zero attached hydrogens (tertiary/aromatic N) is 4. The number of nitrogens with one attached hydrogen (secondary N) is 2. The highest BCUT2D eigenvalue weighted by atomic mass is 19.1. The van der Waals surface area contributed by atoms with Crippen molar-refractivity contribution in [3.05, 3.63) is 54.5 Å². The molecule has 1 saturated heterocycles. The minimum absolute atomic E-state index is 0.239. The topological polar surface area (TPSA) is 79.0 Å². The fraction of sp³-hybridized carbons (Fsp3) is 0.227. The highest BCUT2D eigenvalue weighted by molar-refractivity contribution is 5.91. The van der Waals surface area contributed by atoms with Crippen molar-refractivity contribution in [1.82, 2.24) is 25.5 Å². The Hall–Kier alpha value is -3.52. The van der Waals surface area contributed by atoms with E-state index in [1.807, 2.05) is 12.1 Å². The summed E-state index contributed by atoms with van der Waals surface area (Å²) >= 11 is 0. The maximum atomic E-state index is 14.5. The third-order valence-electron chi connectivity index (χ3n) is 5.32. The number of benzene rings is 2. The summed E-state index contributed by atoms with van der Waals surface area (Å²) < 4.78 is 19.9. The van der Waals surface area contributed by atoms with E-state index in [1.165, 1.54) is 13.2 Å². The van der Waals surface area contributed by atoms with Crippen LogP contribution in [0.5, 0.6) is 5.75 Å². The van der Waals surface area contributed by atoms with Crippen LogP contribution in [0, 0.1) is 5.82 Å². The highest BCUT2D eigenvalue weighted by Crippen LogP contribution is 2.33. The zero-order valence-corrected chi connectivity index (χ0v) is 16.5. The van der Waals surface area contributed by atoms with Crippen LogP contribution >= 0.6 is 0 Å². The third kappa shape index (κ3) is 3.25. The number of anilines is 1. The van der Waals surface area contributed by atoms with Crippen LogP contribution in [0.2, 0.25) is 0 Å². The zero-order chi connectivity index (χ0) is 20.5. The maximum absolute atomic E-state index is 14.5. The van der Waals surface area contributed by atoms with Crippen LogP contribution in [0.4, 0.5) is 10.1 Å². The van der Waals surface area contributed by atoms with Crippen molar-refractivity contribution in [2.45, 2.75) is 0 Å². The van der Waals surface area contributed by atoms with E-state index in [0.29, 0.717) is 22.5 Å². The van der Waals surface area contributed by atoms with E-state index in [4.69, 9.17) is 4.74 Å². The Kier molecular flexibility index (Phi) is 4.76. The van der Waals surface area contributed by atoms with E-state index >= 15 is 0 Å². The quantitative estimate of drug-likeness (QED) is 0.544. The molecule has 30 heavy (non-hydrogen) atoms. The van der Waals surface area contributed by atoms with E-state index < -0.39 is 5.82 Å². The second-order valence-corrected chi connectivity index (χ2v) is 7.13. The summed E-state index contributed by atoms with van der Waals surface area (Å²) in [6, 6.07) is 12.9. The van der Waals surface area contributed by atoms with Gasteiger partial charge in [0.2, 0.25) is 0 Å². The Bertz CT molecular complexity index is 1200. The lowest BCUT2D eigenvalue weighted by Gasteiger charge is -2.29. The van der Waals surface area contributed by atoms with Gasteiger partial charge in [-0.3, -0.25) is 5.10 Å². The monoisotopic (exact) mass is 404 g/mol. The molecular weight excluding hydrogens is 383 g/mol. The van der Waals surface area contributed by atoms with Gasteiger partial charge in [-0.15, -0.1) is 0 Å². The van der Waals surface area contributed by atoms with Crippen molar-refractivity contribution >= 4 is 16.7 Å². The largest absolute Gasteiger partial charge is 0.496 e. The molecule has 0 aliphatic carbocycles. The van der Waals surface area contributed by atoms with Gasteiger partial charge >= 0.3 is 0 Å². The third-order valence-corrected chi connectivity index (χ3v) is 5.32. The maximum Gasteiger partial charge on any atom is 0.166 e. The van der Waals surface area contributed by atoms with E-state index in [0.717, 1.165) is 37.4 Å². The molecule has 2 aromatic carbocycles. The predicted molar refractivity (Wildman–Crippen MR) is 114 cm³/mol. The van der Waals surface area contributed by atoms with E-state index in [1.54, 1.807) is 18.3 Å². The lowest BCUT2D eigenvalue weighted by molar-refractivity contribution is 0.413. The van der Waals surface area contributed by atoms with Crippen molar-refractivity contribution in [3.63, 3.8) is 0 Å². The molecule has 0 radical (unpaired) electrons. The van der Waals surface area contributed by atoms with Crippen LogP contribution in [-0.2, 0) is 0 Å². The number of H-pyrrole nitrogens is 1. The lowest BCUT2D eigenvalue weighted by atomic mass is 10.1. The number of piperazine rings is 1. The van der Waals surface area contributed by atoms with Crippen molar-refractivity contribution in [2.75, 3.05) is 38.2 Å². The smallest absolute Gasteiger partial charge is 0.166 e. The van der Waals surface area contributed by atoms with Gasteiger partial charge in [0.05, 0.1) is 18.9 Å². The molecule has 1 aliphatic rings. The molecule has 1 fully saturated rings. The Morgan fingerprint density at radius 1 is 1.10 bits per heavy atom. The van der Waals surface area contributed by atoms with Crippen LogP contribution in [0.1, 0.15) is 0 Å². The van der Waals surface area contributed by atoms with E-state index in [2.05, 4.69) is 42.5 Å². The van der Waals surface area contributed by atoms with Crippen molar-refractivity contribution in [1.29, 1.82) is 0 Å². The fourth-order valence-corrected chi connectivity index (χ4v) is 3.80. The highest BCUT2D eigenvalue weighted by Gasteiger charge is 2.18. The van der Waals surface area contributed by atoms with Gasteiger partial charge < -0.3 is 15.0 Å². The number of hydrogen-bond donors (Lipinski definition) is 2. The van der Waals surface area contributed by atoms with E-state index in [9.17, 15) is 4.39 Å². The fourth-order valence-electron chi connectivity index (χ4n) is 3.80. The molecule has 0 saturated carbocycles. The molecule has 0 atom stereocenters. The summed E-state index contributed by atoms with van der Waals surface area (Å²) in [4.78, 5) is 11.3. The average molecular weight is 404 g/mol. The van der Waals surface area contributed by atoms with Gasteiger partial charge in [0.25, 0.3) is 0 Å². The van der Waals surface area contributed by atoms with Crippen LogP contribution < -0.4 is 15.0 Å². The first-order valence-electron chi connectivity index (χ1n) is 9.84. The minimum atomic E-state index is -0.431. The van der Waals surface area contributed by atoms with Gasteiger partial charge in [0, 0.05) is 37.4 Å². The first-order valence-corrected chi connectivity index (χ1v) is 9.84.